The van der Waals surface area contributed by atoms with Crippen LogP contribution in [0.2, 0.25) is 0 Å². The minimum absolute atomic E-state index is 0.123. The number of benzene rings is 2. The van der Waals surface area contributed by atoms with Crippen molar-refractivity contribution in [2.75, 3.05) is 5.32 Å². The predicted molar refractivity (Wildman–Crippen MR) is 123 cm³/mol. The number of nitrogens with zero attached hydrogens (tertiary/aromatic N) is 2. The number of carbonyl (C=O) groups excluding carboxylic acids is 2. The van der Waals surface area contributed by atoms with E-state index in [0.29, 0.717) is 22.7 Å². The molecule has 0 aliphatic heterocycles. The van der Waals surface area contributed by atoms with Crippen LogP contribution >= 0.6 is 11.3 Å². The number of hydrogen-bond acceptors (Lipinski definition) is 4. The second-order valence-electron chi connectivity index (χ2n) is 7.98. The normalized spacial score (nSPS) is 13.3. The highest BCUT2D eigenvalue weighted by atomic mass is 32.1. The highest BCUT2D eigenvalue weighted by Gasteiger charge is 2.24. The fourth-order valence-corrected chi connectivity index (χ4v) is 4.58. The maximum Gasteiger partial charge on any atom is 0.265 e. The molecule has 0 radical (unpaired) electrons. The Hall–Kier alpha value is -3.52. The van der Waals surface area contributed by atoms with E-state index in [2.05, 4.69) is 15.7 Å². The minimum atomic E-state index is -0.278. The van der Waals surface area contributed by atoms with E-state index in [1.165, 1.54) is 23.5 Å². The molecule has 1 aliphatic carbocycles. The van der Waals surface area contributed by atoms with E-state index in [-0.39, 0.29) is 23.7 Å². The van der Waals surface area contributed by atoms with Gasteiger partial charge in [-0.1, -0.05) is 18.2 Å². The molecule has 5 rings (SSSR count). The van der Waals surface area contributed by atoms with Gasteiger partial charge in [0.25, 0.3) is 11.8 Å². The molecule has 2 heterocycles. The molecule has 0 spiro atoms. The van der Waals surface area contributed by atoms with Gasteiger partial charge in [0.2, 0.25) is 0 Å². The van der Waals surface area contributed by atoms with Gasteiger partial charge < -0.3 is 10.6 Å². The molecule has 0 unspecified atom stereocenters. The average Bonchev–Trinajstić information content (AvgIpc) is 3.39. The number of amides is 2. The van der Waals surface area contributed by atoms with E-state index in [4.69, 9.17) is 0 Å². The Morgan fingerprint density at radius 3 is 2.66 bits per heavy atom. The summed E-state index contributed by atoms with van der Waals surface area (Å²) in [5.41, 5.74) is 2.85. The molecule has 0 atom stereocenters. The van der Waals surface area contributed by atoms with Gasteiger partial charge in [0, 0.05) is 22.7 Å². The number of anilines is 1. The Morgan fingerprint density at radius 2 is 1.91 bits per heavy atom. The largest absolute Gasteiger partial charge is 0.349 e. The molecular weight excluding hydrogens is 427 g/mol. The molecule has 1 saturated carbocycles. The molecule has 0 saturated heterocycles. The summed E-state index contributed by atoms with van der Waals surface area (Å²) >= 11 is 1.36. The van der Waals surface area contributed by atoms with Crippen molar-refractivity contribution < 1.29 is 14.0 Å². The lowest BCUT2D eigenvalue weighted by Crippen LogP contribution is -2.25. The van der Waals surface area contributed by atoms with Crippen LogP contribution in [-0.2, 0) is 6.54 Å². The van der Waals surface area contributed by atoms with Gasteiger partial charge >= 0.3 is 0 Å². The van der Waals surface area contributed by atoms with E-state index < -0.39 is 0 Å². The zero-order valence-corrected chi connectivity index (χ0v) is 18.2. The first kappa shape index (κ1) is 20.4. The molecule has 8 heteroatoms. The number of rotatable bonds is 6. The van der Waals surface area contributed by atoms with E-state index in [1.807, 2.05) is 17.7 Å². The Labute approximate surface area is 188 Å². The van der Waals surface area contributed by atoms with Crippen molar-refractivity contribution in [2.45, 2.75) is 32.4 Å². The third-order valence-electron chi connectivity index (χ3n) is 5.37. The number of fused-ring (bicyclic) bond motifs is 1. The van der Waals surface area contributed by atoms with Crippen molar-refractivity contribution in [3.8, 4) is 0 Å². The number of aromatic nitrogens is 2. The average molecular weight is 449 g/mol. The summed E-state index contributed by atoms with van der Waals surface area (Å²) in [6.45, 7) is 2.39. The molecule has 0 bridgehead atoms. The van der Waals surface area contributed by atoms with Gasteiger partial charge in [-0.2, -0.15) is 5.10 Å². The van der Waals surface area contributed by atoms with Gasteiger partial charge in [-0.3, -0.25) is 14.3 Å². The summed E-state index contributed by atoms with van der Waals surface area (Å²) < 4.78 is 15.0. The van der Waals surface area contributed by atoms with Crippen LogP contribution < -0.4 is 10.6 Å². The number of thiophene rings is 1. The monoisotopic (exact) mass is 448 g/mol. The van der Waals surface area contributed by atoms with E-state index in [9.17, 15) is 14.0 Å². The Bertz CT molecular complexity index is 1320. The maximum atomic E-state index is 13.2. The third-order valence-corrected chi connectivity index (χ3v) is 6.52. The minimum Gasteiger partial charge on any atom is -0.349 e. The van der Waals surface area contributed by atoms with Crippen molar-refractivity contribution in [2.24, 2.45) is 0 Å². The van der Waals surface area contributed by atoms with Crippen molar-refractivity contribution in [3.05, 3.63) is 82.1 Å². The van der Waals surface area contributed by atoms with Gasteiger partial charge in [0.15, 0.2) is 0 Å². The van der Waals surface area contributed by atoms with Crippen LogP contribution in [0.1, 0.15) is 44.1 Å². The van der Waals surface area contributed by atoms with Crippen LogP contribution in [0.3, 0.4) is 0 Å². The third kappa shape index (κ3) is 4.27. The topological polar surface area (TPSA) is 76.0 Å². The van der Waals surface area contributed by atoms with Crippen LogP contribution in [0, 0.1) is 12.7 Å². The van der Waals surface area contributed by atoms with Crippen molar-refractivity contribution >= 4 is 39.1 Å². The maximum absolute atomic E-state index is 13.2. The predicted octanol–water partition coefficient (Wildman–Crippen LogP) is 4.74. The Kier molecular flexibility index (Phi) is 5.22. The molecule has 1 aliphatic rings. The first-order chi connectivity index (χ1) is 15.5. The second-order valence-corrected chi connectivity index (χ2v) is 9.01. The van der Waals surface area contributed by atoms with Crippen LogP contribution in [0.5, 0.6) is 0 Å². The molecule has 2 amide bonds. The molecule has 6 nitrogen and oxygen atoms in total. The van der Waals surface area contributed by atoms with Gasteiger partial charge in [-0.05, 0) is 61.7 Å². The molecule has 2 aromatic carbocycles. The quantitative estimate of drug-likeness (QED) is 0.447. The Balaban J connectivity index is 1.35. The van der Waals surface area contributed by atoms with Gasteiger partial charge in [-0.15, -0.1) is 11.3 Å². The lowest BCUT2D eigenvalue weighted by molar-refractivity contribution is 0.0949. The smallest absolute Gasteiger partial charge is 0.265 e. The molecule has 162 valence electrons. The van der Waals surface area contributed by atoms with Gasteiger partial charge in [0.05, 0.1) is 17.1 Å². The van der Waals surface area contributed by atoms with Crippen LogP contribution in [0.15, 0.2) is 54.6 Å². The van der Waals surface area contributed by atoms with Crippen LogP contribution in [0.25, 0.3) is 10.2 Å². The number of carbonyl (C=O) groups is 2. The highest BCUT2D eigenvalue weighted by Crippen LogP contribution is 2.29. The molecule has 32 heavy (non-hydrogen) atoms. The van der Waals surface area contributed by atoms with E-state index >= 15 is 0 Å². The second kappa shape index (κ2) is 8.20. The first-order valence-electron chi connectivity index (χ1n) is 10.4. The molecular formula is C24H21FN4O2S. The van der Waals surface area contributed by atoms with Crippen LogP contribution in [0.4, 0.5) is 10.1 Å². The molecule has 1 fully saturated rings. The number of hydrogen-bond donors (Lipinski definition) is 2. The molecule has 2 N–H and O–H groups in total. The SMILES string of the molecule is Cc1nn(Cc2ccc(F)cc2)c2sc(C(=O)Nc3cccc(C(=O)NC4CC4)c3)cc12. The highest BCUT2D eigenvalue weighted by molar-refractivity contribution is 7.20. The fourth-order valence-electron chi connectivity index (χ4n) is 3.52. The zero-order valence-electron chi connectivity index (χ0n) is 17.4. The van der Waals surface area contributed by atoms with Gasteiger partial charge in [0.1, 0.15) is 10.6 Å². The lowest BCUT2D eigenvalue weighted by Gasteiger charge is -2.07. The number of nitrogens with one attached hydrogen (secondary N) is 2. The van der Waals surface area contributed by atoms with Crippen molar-refractivity contribution in [3.63, 3.8) is 0 Å². The number of aryl methyl sites for hydroxylation is 1. The summed E-state index contributed by atoms with van der Waals surface area (Å²) in [5.74, 6) is -0.639. The lowest BCUT2D eigenvalue weighted by atomic mass is 10.2. The van der Waals surface area contributed by atoms with Crippen LogP contribution in [-0.4, -0.2) is 27.6 Å². The fraction of sp³-hybridized carbons (Fsp3) is 0.208. The summed E-state index contributed by atoms with van der Waals surface area (Å²) in [4.78, 5) is 26.6. The molecule has 2 aromatic heterocycles. The summed E-state index contributed by atoms with van der Waals surface area (Å²) in [5, 5.41) is 11.3. The number of halogens is 1. The van der Waals surface area contributed by atoms with Gasteiger partial charge in [-0.25, -0.2) is 4.39 Å². The molecule has 4 aromatic rings. The first-order valence-corrected chi connectivity index (χ1v) is 11.2. The Morgan fingerprint density at radius 1 is 1.12 bits per heavy atom. The summed E-state index contributed by atoms with van der Waals surface area (Å²) in [6.07, 6.45) is 2.04. The van der Waals surface area contributed by atoms with E-state index in [0.717, 1.165) is 34.3 Å². The summed E-state index contributed by atoms with van der Waals surface area (Å²) in [6, 6.07) is 15.4. The van der Waals surface area contributed by atoms with Crippen molar-refractivity contribution in [1.82, 2.24) is 15.1 Å². The summed E-state index contributed by atoms with van der Waals surface area (Å²) in [7, 11) is 0. The zero-order chi connectivity index (χ0) is 22.2. The van der Waals surface area contributed by atoms with Crippen molar-refractivity contribution in [1.29, 1.82) is 0 Å². The van der Waals surface area contributed by atoms with E-state index in [1.54, 1.807) is 36.4 Å². The standard InChI is InChI=1S/C24H21FN4O2S/c1-14-20-12-21(32-24(20)29(28-14)13-15-5-7-17(25)8-6-15)23(31)27-19-4-2-3-16(11-19)22(30)26-18-9-10-18/h2-8,11-12,18H,9-10,13H2,1H3,(H,26,30)(H,27,31).